The van der Waals surface area contributed by atoms with Crippen molar-refractivity contribution in [3.05, 3.63) is 0 Å². The molecule has 178 valence electrons. The Morgan fingerprint density at radius 2 is 1.16 bits per heavy atom. The number of hydrogen-bond donors (Lipinski definition) is 2. The van der Waals surface area contributed by atoms with Gasteiger partial charge in [-0.3, -0.25) is 4.79 Å². The first-order chi connectivity index (χ1) is 14.2. The molecule has 0 aromatic heterocycles. The number of carbonyl (C=O) groups excluding carboxylic acids is 3. The van der Waals surface area contributed by atoms with Crippen LogP contribution in [-0.4, -0.2) is 39.6 Å². The van der Waals surface area contributed by atoms with E-state index in [0.717, 1.165) is 33.1 Å². The number of ketones is 1. The summed E-state index contributed by atoms with van der Waals surface area (Å²) in [6.45, 7) is 4.41. The summed E-state index contributed by atoms with van der Waals surface area (Å²) in [7, 11) is 0. The van der Waals surface area contributed by atoms with Gasteiger partial charge in [0.25, 0.3) is 0 Å². The van der Waals surface area contributed by atoms with Crippen LogP contribution in [0.1, 0.15) is 125 Å². The first kappa shape index (κ1) is 32.9. The SMILES string of the molecule is CCCCCCCCCCCCCCCCCC(=O)C(C)(O)C(=O)OC(=O)C(C)O.[H-].[Na+]. The Morgan fingerprint density at radius 1 is 0.806 bits per heavy atom. The first-order valence-electron chi connectivity index (χ1n) is 11.9. The van der Waals surface area contributed by atoms with E-state index >= 15 is 0 Å². The molecule has 0 spiro atoms. The molecule has 6 nitrogen and oxygen atoms in total. The number of aliphatic hydroxyl groups excluding tert-OH is 1. The Bertz CT molecular complexity index is 497. The summed E-state index contributed by atoms with van der Waals surface area (Å²) >= 11 is 0. The zero-order chi connectivity index (χ0) is 22.8. The number of rotatable bonds is 19. The predicted molar refractivity (Wildman–Crippen MR) is 119 cm³/mol. The second-order valence-corrected chi connectivity index (χ2v) is 8.58. The van der Waals surface area contributed by atoms with E-state index in [0.29, 0.717) is 6.42 Å². The predicted octanol–water partition coefficient (Wildman–Crippen LogP) is 2.14. The van der Waals surface area contributed by atoms with Gasteiger partial charge in [0.05, 0.1) is 0 Å². The third kappa shape index (κ3) is 16.9. The number of unbranched alkanes of at least 4 members (excludes halogenated alkanes) is 14. The molecule has 0 aromatic carbocycles. The van der Waals surface area contributed by atoms with Crippen LogP contribution < -0.4 is 29.6 Å². The van der Waals surface area contributed by atoms with Crippen molar-refractivity contribution in [1.82, 2.24) is 0 Å². The second-order valence-electron chi connectivity index (χ2n) is 8.58. The van der Waals surface area contributed by atoms with Crippen LogP contribution in [0, 0.1) is 0 Å². The van der Waals surface area contributed by atoms with Gasteiger partial charge in [-0.2, -0.15) is 0 Å². The molecule has 7 heteroatoms. The van der Waals surface area contributed by atoms with E-state index in [9.17, 15) is 19.5 Å². The van der Waals surface area contributed by atoms with Crippen LogP contribution in [0.4, 0.5) is 0 Å². The quantitative estimate of drug-likeness (QED) is 0.135. The number of Topliss-reactive ketones (excluding diaryl/α,β-unsaturated/α-hetero) is 1. The zero-order valence-corrected chi connectivity index (χ0v) is 22.4. The maximum atomic E-state index is 12.1. The van der Waals surface area contributed by atoms with E-state index in [2.05, 4.69) is 11.7 Å². The van der Waals surface area contributed by atoms with Crippen LogP contribution in [0.15, 0.2) is 0 Å². The molecule has 2 atom stereocenters. The van der Waals surface area contributed by atoms with Gasteiger partial charge in [0, 0.05) is 6.42 Å². The van der Waals surface area contributed by atoms with Gasteiger partial charge in [-0.05, 0) is 20.3 Å². The molecule has 0 aliphatic rings. The number of aliphatic hydroxyl groups is 2. The van der Waals surface area contributed by atoms with Gasteiger partial charge in [0.2, 0.25) is 5.60 Å². The molecule has 2 unspecified atom stereocenters. The summed E-state index contributed by atoms with van der Waals surface area (Å²) in [5, 5.41) is 19.1. The van der Waals surface area contributed by atoms with Crippen molar-refractivity contribution in [2.75, 3.05) is 0 Å². The third-order valence-corrected chi connectivity index (χ3v) is 5.48. The molecular weight excluding hydrogens is 407 g/mol. The van der Waals surface area contributed by atoms with Crippen molar-refractivity contribution in [3.8, 4) is 0 Å². The standard InChI is InChI=1S/C24H44O6.Na.H/c1-4-5-6-7-8-9-10-11-12-13-14-15-16-17-18-19-21(26)24(3,29)23(28)30-22(27)20(2)25;;/h20,25,29H,4-19H2,1-3H3;;/q;+1;-1. The molecule has 2 N–H and O–H groups in total. The van der Waals surface area contributed by atoms with Gasteiger partial charge >= 0.3 is 41.5 Å². The largest absolute Gasteiger partial charge is 1.00 e. The minimum Gasteiger partial charge on any atom is -1.00 e. The molecular formula is C24H45NaO6. The van der Waals surface area contributed by atoms with Gasteiger partial charge in [0.15, 0.2) is 5.78 Å². The molecule has 0 saturated carbocycles. The van der Waals surface area contributed by atoms with Crippen LogP contribution in [-0.2, 0) is 19.1 Å². The summed E-state index contributed by atoms with van der Waals surface area (Å²) in [6, 6.07) is 0. The summed E-state index contributed by atoms with van der Waals surface area (Å²) in [6.07, 6.45) is 16.8. The van der Waals surface area contributed by atoms with Crippen molar-refractivity contribution < 1.29 is 60.3 Å². The van der Waals surface area contributed by atoms with E-state index < -0.39 is 29.4 Å². The van der Waals surface area contributed by atoms with Crippen LogP contribution in [0.25, 0.3) is 0 Å². The van der Waals surface area contributed by atoms with Crippen LogP contribution in [0.3, 0.4) is 0 Å². The third-order valence-electron chi connectivity index (χ3n) is 5.48. The normalized spacial score (nSPS) is 13.7. The average Bonchev–Trinajstić information content (AvgIpc) is 2.70. The molecule has 0 heterocycles. The molecule has 0 fully saturated rings. The zero-order valence-electron chi connectivity index (χ0n) is 21.4. The van der Waals surface area contributed by atoms with Crippen molar-refractivity contribution in [2.45, 2.75) is 135 Å². The fraction of sp³-hybridized carbons (Fsp3) is 0.875. The van der Waals surface area contributed by atoms with Crippen LogP contribution in [0.5, 0.6) is 0 Å². The average molecular weight is 453 g/mol. The number of carbonyl (C=O) groups is 3. The van der Waals surface area contributed by atoms with Gasteiger partial charge in [-0.25, -0.2) is 9.59 Å². The van der Waals surface area contributed by atoms with E-state index in [4.69, 9.17) is 5.11 Å². The maximum Gasteiger partial charge on any atom is 1.00 e. The second kappa shape index (κ2) is 20.3. The fourth-order valence-corrected chi connectivity index (χ4v) is 3.29. The van der Waals surface area contributed by atoms with Gasteiger partial charge in [-0.1, -0.05) is 96.8 Å². The van der Waals surface area contributed by atoms with E-state index in [1.807, 2.05) is 0 Å². The molecule has 31 heavy (non-hydrogen) atoms. The Hall–Kier alpha value is -0.270. The summed E-state index contributed by atoms with van der Waals surface area (Å²) in [5.41, 5.74) is -2.36. The molecule has 0 radical (unpaired) electrons. The Kier molecular flexibility index (Phi) is 21.6. The maximum absolute atomic E-state index is 12.1. The van der Waals surface area contributed by atoms with Gasteiger partial charge < -0.3 is 16.4 Å². The summed E-state index contributed by atoms with van der Waals surface area (Å²) in [5.74, 6) is -3.18. The number of esters is 2. The van der Waals surface area contributed by atoms with Crippen molar-refractivity contribution in [2.24, 2.45) is 0 Å². The fourth-order valence-electron chi connectivity index (χ4n) is 3.29. The van der Waals surface area contributed by atoms with E-state index in [-0.39, 0.29) is 37.4 Å². The smallest absolute Gasteiger partial charge is 1.00 e. The topological polar surface area (TPSA) is 101 Å². The molecule has 0 aromatic rings. The van der Waals surface area contributed by atoms with Crippen molar-refractivity contribution >= 4 is 17.7 Å². The molecule has 0 amide bonds. The summed E-state index contributed by atoms with van der Waals surface area (Å²) < 4.78 is 4.33. The number of ether oxygens (including phenoxy) is 1. The Labute approximate surface area is 212 Å². The monoisotopic (exact) mass is 452 g/mol. The van der Waals surface area contributed by atoms with Crippen LogP contribution >= 0.6 is 0 Å². The van der Waals surface area contributed by atoms with Gasteiger partial charge in [-0.15, -0.1) is 0 Å². The molecule has 0 saturated heterocycles. The molecule has 0 rings (SSSR count). The molecule has 0 aliphatic carbocycles. The van der Waals surface area contributed by atoms with Gasteiger partial charge in [0.1, 0.15) is 6.10 Å². The summed E-state index contributed by atoms with van der Waals surface area (Å²) in [4.78, 5) is 35.0. The van der Waals surface area contributed by atoms with Crippen molar-refractivity contribution in [1.29, 1.82) is 0 Å². The number of hydrogen-bond acceptors (Lipinski definition) is 6. The minimum atomic E-state index is -2.36. The van der Waals surface area contributed by atoms with E-state index in [1.165, 1.54) is 70.6 Å². The Morgan fingerprint density at radius 3 is 1.52 bits per heavy atom. The molecule has 0 bridgehead atoms. The van der Waals surface area contributed by atoms with Crippen LogP contribution in [0.2, 0.25) is 0 Å². The Balaban J connectivity index is -0.00000420. The molecule has 0 aliphatic heterocycles. The van der Waals surface area contributed by atoms with E-state index in [1.54, 1.807) is 0 Å². The minimum absolute atomic E-state index is 0. The first-order valence-corrected chi connectivity index (χ1v) is 11.9. The van der Waals surface area contributed by atoms with Crippen molar-refractivity contribution in [3.63, 3.8) is 0 Å².